The third kappa shape index (κ3) is 4.70. The zero-order valence-corrected chi connectivity index (χ0v) is 14.8. The van der Waals surface area contributed by atoms with Gasteiger partial charge in [-0.1, -0.05) is 18.2 Å². The van der Waals surface area contributed by atoms with Crippen LogP contribution >= 0.6 is 11.8 Å². The second-order valence-corrected chi connectivity index (χ2v) is 6.87. The highest BCUT2D eigenvalue weighted by atomic mass is 32.2. The van der Waals surface area contributed by atoms with Crippen LogP contribution in [-0.2, 0) is 11.3 Å². The van der Waals surface area contributed by atoms with Gasteiger partial charge in [-0.05, 0) is 42.5 Å². The second-order valence-electron chi connectivity index (χ2n) is 5.70. The average molecular weight is 371 g/mol. The highest BCUT2D eigenvalue weighted by Gasteiger charge is 2.08. The molecule has 2 aromatic carbocycles. The number of halogens is 1. The summed E-state index contributed by atoms with van der Waals surface area (Å²) in [4.78, 5) is 29.6. The molecule has 1 aromatic heterocycles. The number of rotatable bonds is 7. The number of benzene rings is 2. The number of carbonyl (C=O) groups is 1. The van der Waals surface area contributed by atoms with Crippen molar-refractivity contribution >= 4 is 28.6 Å². The van der Waals surface area contributed by atoms with Crippen LogP contribution in [0.3, 0.4) is 0 Å². The number of fused-ring (bicyclic) bond motifs is 1. The molecule has 0 atom stereocenters. The van der Waals surface area contributed by atoms with Gasteiger partial charge in [-0.2, -0.15) is 0 Å². The molecule has 5 nitrogen and oxygen atoms in total. The summed E-state index contributed by atoms with van der Waals surface area (Å²) in [6.07, 6.45) is 2.13. The van der Waals surface area contributed by atoms with E-state index < -0.39 is 11.4 Å². The molecule has 0 saturated heterocycles. The Bertz CT molecular complexity index is 960. The summed E-state index contributed by atoms with van der Waals surface area (Å²) in [7, 11) is 0. The minimum absolute atomic E-state index is 0.135. The van der Waals surface area contributed by atoms with Crippen LogP contribution in [0.5, 0.6) is 0 Å². The minimum Gasteiger partial charge on any atom is -0.355 e. The predicted molar refractivity (Wildman–Crippen MR) is 101 cm³/mol. The van der Waals surface area contributed by atoms with Crippen LogP contribution < -0.4 is 10.9 Å². The van der Waals surface area contributed by atoms with E-state index in [4.69, 9.17) is 0 Å². The maximum absolute atomic E-state index is 13.3. The molecule has 7 heteroatoms. The summed E-state index contributed by atoms with van der Waals surface area (Å²) < 4.78 is 14.5. The van der Waals surface area contributed by atoms with Crippen molar-refractivity contribution < 1.29 is 9.18 Å². The summed E-state index contributed by atoms with van der Waals surface area (Å²) in [5.74, 6) is 0.116. The fraction of sp³-hybridized carbons (Fsp3) is 0.211. The molecule has 0 radical (unpaired) electrons. The maximum atomic E-state index is 13.3. The first kappa shape index (κ1) is 18.1. The van der Waals surface area contributed by atoms with Gasteiger partial charge in [0.25, 0.3) is 5.56 Å². The Morgan fingerprint density at radius 3 is 2.81 bits per heavy atom. The van der Waals surface area contributed by atoms with Crippen molar-refractivity contribution in [1.82, 2.24) is 14.9 Å². The van der Waals surface area contributed by atoms with Crippen LogP contribution in [0.15, 0.2) is 64.5 Å². The number of hydrogen-bond acceptors (Lipinski definition) is 4. The smallest absolute Gasteiger partial charge is 0.261 e. The molecule has 1 heterocycles. The summed E-state index contributed by atoms with van der Waals surface area (Å²) in [5, 5.41) is 2.96. The molecule has 0 aliphatic carbocycles. The van der Waals surface area contributed by atoms with Crippen LogP contribution in [0.1, 0.15) is 6.42 Å². The molecule has 3 aromatic rings. The number of nitrogens with zero attached hydrogens (tertiary/aromatic N) is 2. The number of nitrogens with one attached hydrogen (secondary N) is 1. The molecule has 0 bridgehead atoms. The first-order valence-corrected chi connectivity index (χ1v) is 9.21. The van der Waals surface area contributed by atoms with Gasteiger partial charge in [-0.15, -0.1) is 11.8 Å². The Labute approximate surface area is 154 Å². The van der Waals surface area contributed by atoms with Crippen LogP contribution in [0.25, 0.3) is 10.9 Å². The quantitative estimate of drug-likeness (QED) is 0.512. The van der Waals surface area contributed by atoms with Gasteiger partial charge in [0.15, 0.2) is 0 Å². The normalized spacial score (nSPS) is 10.8. The molecule has 0 aliphatic rings. The van der Waals surface area contributed by atoms with E-state index in [-0.39, 0.29) is 17.8 Å². The molecule has 134 valence electrons. The largest absolute Gasteiger partial charge is 0.355 e. The first-order chi connectivity index (χ1) is 12.6. The van der Waals surface area contributed by atoms with Gasteiger partial charge in [0, 0.05) is 11.4 Å². The Morgan fingerprint density at radius 1 is 1.19 bits per heavy atom. The van der Waals surface area contributed by atoms with Crippen molar-refractivity contribution in [2.24, 2.45) is 0 Å². The van der Waals surface area contributed by atoms with Crippen LogP contribution in [0.2, 0.25) is 0 Å². The lowest BCUT2D eigenvalue weighted by molar-refractivity contribution is -0.121. The molecule has 0 saturated carbocycles. The van der Waals surface area contributed by atoms with Crippen molar-refractivity contribution in [2.75, 3.05) is 12.3 Å². The van der Waals surface area contributed by atoms with Gasteiger partial charge in [-0.25, -0.2) is 9.37 Å². The number of amides is 1. The third-order valence-corrected chi connectivity index (χ3v) is 4.85. The summed E-state index contributed by atoms with van der Waals surface area (Å²) in [6.45, 7) is 0.396. The lowest BCUT2D eigenvalue weighted by Crippen LogP contribution is -2.33. The third-order valence-electron chi connectivity index (χ3n) is 3.76. The van der Waals surface area contributed by atoms with E-state index in [0.29, 0.717) is 12.1 Å². The SMILES string of the molecule is O=C(Cn1cnc2ccc(F)cc2c1=O)NCCCSc1ccccc1. The van der Waals surface area contributed by atoms with E-state index >= 15 is 0 Å². The van der Waals surface area contributed by atoms with Crippen molar-refractivity contribution in [1.29, 1.82) is 0 Å². The topological polar surface area (TPSA) is 64.0 Å². The van der Waals surface area contributed by atoms with E-state index in [9.17, 15) is 14.0 Å². The number of carbonyl (C=O) groups excluding carboxylic acids is 1. The first-order valence-electron chi connectivity index (χ1n) is 8.23. The minimum atomic E-state index is -0.505. The molecule has 1 amide bonds. The van der Waals surface area contributed by atoms with Crippen LogP contribution in [-0.4, -0.2) is 27.8 Å². The molecular weight excluding hydrogens is 353 g/mol. The van der Waals surface area contributed by atoms with Gasteiger partial charge >= 0.3 is 0 Å². The van der Waals surface area contributed by atoms with Crippen molar-refractivity contribution in [3.63, 3.8) is 0 Å². The van der Waals surface area contributed by atoms with Gasteiger partial charge in [-0.3, -0.25) is 14.2 Å². The molecule has 26 heavy (non-hydrogen) atoms. The Balaban J connectivity index is 1.50. The molecule has 3 rings (SSSR count). The van der Waals surface area contributed by atoms with Crippen molar-refractivity contribution in [3.05, 3.63) is 71.0 Å². The molecule has 0 spiro atoms. The van der Waals surface area contributed by atoms with Crippen molar-refractivity contribution in [3.8, 4) is 0 Å². The number of aromatic nitrogens is 2. The fourth-order valence-corrected chi connectivity index (χ4v) is 3.34. The Hall–Kier alpha value is -2.67. The standard InChI is InChI=1S/C19H18FN3O2S/c20-14-7-8-17-16(11-14)19(25)23(13-22-17)12-18(24)21-9-4-10-26-15-5-2-1-3-6-15/h1-3,5-8,11,13H,4,9-10,12H2,(H,21,24). The predicted octanol–water partition coefficient (Wildman–Crippen LogP) is 2.83. The lowest BCUT2D eigenvalue weighted by Gasteiger charge is -2.08. The van der Waals surface area contributed by atoms with E-state index in [1.165, 1.54) is 27.9 Å². The van der Waals surface area contributed by atoms with Gasteiger partial charge < -0.3 is 5.32 Å². The maximum Gasteiger partial charge on any atom is 0.261 e. The number of thioether (sulfide) groups is 1. The fourth-order valence-electron chi connectivity index (χ4n) is 2.46. The monoisotopic (exact) mass is 371 g/mol. The highest BCUT2D eigenvalue weighted by molar-refractivity contribution is 7.99. The molecule has 0 fully saturated rings. The van der Waals surface area contributed by atoms with Gasteiger partial charge in [0.2, 0.25) is 5.91 Å². The molecule has 1 N–H and O–H groups in total. The van der Waals surface area contributed by atoms with E-state index in [1.807, 2.05) is 30.3 Å². The zero-order valence-electron chi connectivity index (χ0n) is 14.0. The van der Waals surface area contributed by atoms with E-state index in [2.05, 4.69) is 10.3 Å². The number of hydrogen-bond donors (Lipinski definition) is 1. The van der Waals surface area contributed by atoms with E-state index in [1.54, 1.807) is 11.8 Å². The van der Waals surface area contributed by atoms with Gasteiger partial charge in [0.1, 0.15) is 12.4 Å². The molecule has 0 unspecified atom stereocenters. The van der Waals surface area contributed by atoms with Crippen LogP contribution in [0, 0.1) is 5.82 Å². The van der Waals surface area contributed by atoms with Crippen molar-refractivity contribution in [2.45, 2.75) is 17.9 Å². The summed E-state index contributed by atoms with van der Waals surface area (Å²) in [6, 6.07) is 13.9. The Morgan fingerprint density at radius 2 is 2.00 bits per heavy atom. The summed E-state index contributed by atoms with van der Waals surface area (Å²) >= 11 is 1.73. The Kier molecular flexibility index (Phi) is 6.01. The van der Waals surface area contributed by atoms with Crippen LogP contribution in [0.4, 0.5) is 4.39 Å². The molecular formula is C19H18FN3O2S. The second kappa shape index (κ2) is 8.62. The van der Waals surface area contributed by atoms with E-state index in [0.717, 1.165) is 18.2 Å². The zero-order chi connectivity index (χ0) is 18.4. The average Bonchev–Trinajstić information content (AvgIpc) is 2.65. The molecule has 0 aliphatic heterocycles. The summed E-state index contributed by atoms with van der Waals surface area (Å²) in [5.41, 5.74) is -0.0183. The highest BCUT2D eigenvalue weighted by Crippen LogP contribution is 2.17. The lowest BCUT2D eigenvalue weighted by atomic mass is 10.2. The van der Waals surface area contributed by atoms with Gasteiger partial charge in [0.05, 0.1) is 17.2 Å².